The Labute approximate surface area is 149 Å². The van der Waals surface area contributed by atoms with E-state index in [9.17, 15) is 4.79 Å². The molecular formula is C20H28N2O3. The number of benzene rings is 1. The van der Waals surface area contributed by atoms with Crippen LogP contribution in [0.3, 0.4) is 0 Å². The zero-order valence-corrected chi connectivity index (χ0v) is 15.7. The lowest BCUT2D eigenvalue weighted by molar-refractivity contribution is -0.121. The van der Waals surface area contributed by atoms with Gasteiger partial charge in [-0.3, -0.25) is 4.79 Å². The van der Waals surface area contributed by atoms with Gasteiger partial charge in [0.05, 0.1) is 19.8 Å². The molecule has 2 N–H and O–H groups in total. The van der Waals surface area contributed by atoms with Crippen LogP contribution in [0.4, 0.5) is 0 Å². The molecule has 0 spiro atoms. The molecular weight excluding hydrogens is 316 g/mol. The van der Waals surface area contributed by atoms with Gasteiger partial charge in [0.15, 0.2) is 0 Å². The van der Waals surface area contributed by atoms with Gasteiger partial charge < -0.3 is 19.8 Å². The second-order valence-corrected chi connectivity index (χ2v) is 8.37. The van der Waals surface area contributed by atoms with Crippen LogP contribution >= 0.6 is 0 Å². The Morgan fingerprint density at radius 2 is 1.96 bits per heavy atom. The topological polar surface area (TPSA) is 63.5 Å². The van der Waals surface area contributed by atoms with Gasteiger partial charge in [0.25, 0.3) is 0 Å². The normalized spacial score (nSPS) is 19.7. The maximum Gasteiger partial charge on any atom is 0.224 e. The van der Waals surface area contributed by atoms with Gasteiger partial charge in [-0.15, -0.1) is 0 Å². The SMILES string of the molecule is COc1ccc2c(CC(=O)NC3CC(C)(C)NC(C)(C)C3)coc2c1. The predicted molar refractivity (Wildman–Crippen MR) is 98.9 cm³/mol. The number of fused-ring (bicyclic) bond motifs is 1. The largest absolute Gasteiger partial charge is 0.497 e. The monoisotopic (exact) mass is 344 g/mol. The zero-order valence-electron chi connectivity index (χ0n) is 15.7. The van der Waals surface area contributed by atoms with Gasteiger partial charge in [-0.05, 0) is 52.7 Å². The van der Waals surface area contributed by atoms with Gasteiger partial charge in [-0.2, -0.15) is 0 Å². The average Bonchev–Trinajstić information content (AvgIpc) is 2.85. The maximum absolute atomic E-state index is 12.6. The summed E-state index contributed by atoms with van der Waals surface area (Å²) in [5.41, 5.74) is 1.67. The summed E-state index contributed by atoms with van der Waals surface area (Å²) < 4.78 is 10.8. The van der Waals surface area contributed by atoms with Crippen molar-refractivity contribution in [1.29, 1.82) is 0 Å². The van der Waals surface area contributed by atoms with E-state index in [0.29, 0.717) is 6.42 Å². The van der Waals surface area contributed by atoms with Gasteiger partial charge in [0.1, 0.15) is 11.3 Å². The van der Waals surface area contributed by atoms with E-state index in [1.807, 2.05) is 18.2 Å². The minimum Gasteiger partial charge on any atom is -0.497 e. The van der Waals surface area contributed by atoms with Crippen molar-refractivity contribution < 1.29 is 13.9 Å². The summed E-state index contributed by atoms with van der Waals surface area (Å²) in [5, 5.41) is 7.81. The summed E-state index contributed by atoms with van der Waals surface area (Å²) in [5.74, 6) is 0.786. The van der Waals surface area contributed by atoms with Gasteiger partial charge in [-0.25, -0.2) is 0 Å². The van der Waals surface area contributed by atoms with Crippen LogP contribution in [0.5, 0.6) is 5.75 Å². The Balaban J connectivity index is 1.68. The molecule has 25 heavy (non-hydrogen) atoms. The second kappa shape index (κ2) is 6.37. The van der Waals surface area contributed by atoms with Crippen molar-refractivity contribution in [2.45, 2.75) is 64.1 Å². The van der Waals surface area contributed by atoms with Crippen LogP contribution in [0.15, 0.2) is 28.9 Å². The molecule has 1 amide bonds. The minimum absolute atomic E-state index is 0.0125. The molecule has 0 radical (unpaired) electrons. The predicted octanol–water partition coefficient (Wildman–Crippen LogP) is 3.41. The molecule has 0 atom stereocenters. The highest BCUT2D eigenvalue weighted by atomic mass is 16.5. The van der Waals surface area contributed by atoms with E-state index < -0.39 is 0 Å². The Morgan fingerprint density at radius 3 is 2.60 bits per heavy atom. The molecule has 0 aliphatic carbocycles. The maximum atomic E-state index is 12.6. The van der Waals surface area contributed by atoms with Crippen LogP contribution < -0.4 is 15.4 Å². The standard InChI is InChI=1S/C20H28N2O3/c1-19(2)10-14(11-20(3,4)22-19)21-18(23)8-13-12-25-17-9-15(24-5)6-7-16(13)17/h6-7,9,12,14,22H,8,10-11H2,1-5H3,(H,21,23). The van der Waals surface area contributed by atoms with Crippen LogP contribution in [0, 0.1) is 0 Å². The molecule has 1 aromatic carbocycles. The number of hydrogen-bond acceptors (Lipinski definition) is 4. The van der Waals surface area contributed by atoms with Crippen molar-refractivity contribution in [2.75, 3.05) is 7.11 Å². The Morgan fingerprint density at radius 1 is 1.28 bits per heavy atom. The molecule has 0 unspecified atom stereocenters. The number of furan rings is 1. The van der Waals surface area contributed by atoms with Crippen molar-refractivity contribution in [3.05, 3.63) is 30.0 Å². The number of rotatable bonds is 4. The fourth-order valence-electron chi connectivity index (χ4n) is 4.20. The highest BCUT2D eigenvalue weighted by molar-refractivity contribution is 5.88. The van der Waals surface area contributed by atoms with E-state index in [-0.39, 0.29) is 23.0 Å². The van der Waals surface area contributed by atoms with Crippen LogP contribution in [-0.2, 0) is 11.2 Å². The molecule has 1 fully saturated rings. The minimum atomic E-state index is 0.0125. The summed E-state index contributed by atoms with van der Waals surface area (Å²) in [7, 11) is 1.63. The summed E-state index contributed by atoms with van der Waals surface area (Å²) in [4.78, 5) is 12.6. The third kappa shape index (κ3) is 4.15. The summed E-state index contributed by atoms with van der Waals surface area (Å²) >= 11 is 0. The molecule has 5 nitrogen and oxygen atoms in total. The Kier molecular flexibility index (Phi) is 4.54. The summed E-state index contributed by atoms with van der Waals surface area (Å²) in [6, 6.07) is 5.85. The number of carbonyl (C=O) groups is 1. The number of amides is 1. The molecule has 136 valence electrons. The first-order valence-corrected chi connectivity index (χ1v) is 8.80. The molecule has 5 heteroatoms. The van der Waals surface area contributed by atoms with Crippen LogP contribution in [0.1, 0.15) is 46.1 Å². The molecule has 1 saturated heterocycles. The van der Waals surface area contributed by atoms with Gasteiger partial charge in [0, 0.05) is 34.1 Å². The highest BCUT2D eigenvalue weighted by Gasteiger charge is 2.38. The number of hydrogen-bond donors (Lipinski definition) is 2. The lowest BCUT2D eigenvalue weighted by Gasteiger charge is -2.46. The van der Waals surface area contributed by atoms with Gasteiger partial charge in [-0.1, -0.05) is 0 Å². The lowest BCUT2D eigenvalue weighted by Crippen LogP contribution is -2.62. The number of methoxy groups -OCH3 is 1. The molecule has 1 aromatic heterocycles. The third-order valence-electron chi connectivity index (χ3n) is 4.77. The summed E-state index contributed by atoms with van der Waals surface area (Å²) in [6.45, 7) is 8.74. The molecule has 1 aliphatic rings. The van der Waals surface area contributed by atoms with E-state index in [1.54, 1.807) is 13.4 Å². The zero-order chi connectivity index (χ0) is 18.2. The van der Waals surface area contributed by atoms with Crippen molar-refractivity contribution >= 4 is 16.9 Å². The average molecular weight is 344 g/mol. The first-order valence-electron chi connectivity index (χ1n) is 8.80. The van der Waals surface area contributed by atoms with Crippen LogP contribution in [0.25, 0.3) is 11.0 Å². The molecule has 0 bridgehead atoms. The van der Waals surface area contributed by atoms with E-state index in [1.165, 1.54) is 0 Å². The van der Waals surface area contributed by atoms with E-state index in [0.717, 1.165) is 35.1 Å². The van der Waals surface area contributed by atoms with Crippen molar-refractivity contribution in [3.8, 4) is 5.75 Å². The summed E-state index contributed by atoms with van der Waals surface area (Å²) in [6.07, 6.45) is 3.83. The highest BCUT2D eigenvalue weighted by Crippen LogP contribution is 2.29. The number of carbonyl (C=O) groups excluding carboxylic acids is 1. The van der Waals surface area contributed by atoms with Gasteiger partial charge >= 0.3 is 0 Å². The van der Waals surface area contributed by atoms with E-state index in [4.69, 9.17) is 9.15 Å². The number of piperidine rings is 1. The molecule has 2 heterocycles. The van der Waals surface area contributed by atoms with E-state index >= 15 is 0 Å². The smallest absolute Gasteiger partial charge is 0.224 e. The fourth-order valence-corrected chi connectivity index (χ4v) is 4.20. The van der Waals surface area contributed by atoms with Crippen LogP contribution in [0.2, 0.25) is 0 Å². The Bertz CT molecular complexity index is 760. The lowest BCUT2D eigenvalue weighted by atomic mass is 9.79. The van der Waals surface area contributed by atoms with Crippen molar-refractivity contribution in [3.63, 3.8) is 0 Å². The first-order chi connectivity index (χ1) is 11.7. The molecule has 0 saturated carbocycles. The van der Waals surface area contributed by atoms with Crippen LogP contribution in [-0.4, -0.2) is 30.1 Å². The quantitative estimate of drug-likeness (QED) is 0.892. The second-order valence-electron chi connectivity index (χ2n) is 8.37. The number of nitrogens with one attached hydrogen (secondary N) is 2. The molecule has 2 aromatic rings. The van der Waals surface area contributed by atoms with E-state index in [2.05, 4.69) is 38.3 Å². The Hall–Kier alpha value is -2.01. The fraction of sp³-hybridized carbons (Fsp3) is 0.550. The molecule has 1 aliphatic heterocycles. The third-order valence-corrected chi connectivity index (χ3v) is 4.77. The van der Waals surface area contributed by atoms with Crippen molar-refractivity contribution in [2.24, 2.45) is 0 Å². The number of ether oxygens (including phenoxy) is 1. The van der Waals surface area contributed by atoms with Gasteiger partial charge in [0.2, 0.25) is 5.91 Å². The first kappa shape index (κ1) is 17.8. The molecule has 3 rings (SSSR count). The van der Waals surface area contributed by atoms with Crippen molar-refractivity contribution in [1.82, 2.24) is 10.6 Å².